The molecule has 1 fully saturated rings. The molecule has 1 aliphatic heterocycles. The first-order valence-corrected chi connectivity index (χ1v) is 6.39. The molecule has 0 spiro atoms. The van der Waals surface area contributed by atoms with E-state index in [-0.39, 0.29) is 12.2 Å². The van der Waals surface area contributed by atoms with Gasteiger partial charge in [0.05, 0.1) is 12.7 Å². The first-order chi connectivity index (χ1) is 9.15. The van der Waals surface area contributed by atoms with Gasteiger partial charge in [-0.2, -0.15) is 0 Å². The van der Waals surface area contributed by atoms with E-state index in [4.69, 9.17) is 5.11 Å². The number of esters is 1. The van der Waals surface area contributed by atoms with Crippen molar-refractivity contribution in [2.45, 2.75) is 12.8 Å². The zero-order valence-electron chi connectivity index (χ0n) is 10.9. The first-order valence-electron chi connectivity index (χ1n) is 6.39. The number of hydrogen-bond donors (Lipinski definition) is 1. The number of carbonyl (C=O) groups excluding carboxylic acids is 1. The second-order valence-corrected chi connectivity index (χ2v) is 4.77. The molecule has 0 radical (unpaired) electrons. The summed E-state index contributed by atoms with van der Waals surface area (Å²) in [4.78, 5) is 13.4. The molecule has 0 bridgehead atoms. The molecule has 1 aromatic carbocycles. The van der Waals surface area contributed by atoms with Gasteiger partial charge in [-0.3, -0.25) is 0 Å². The van der Waals surface area contributed by atoms with Gasteiger partial charge in [0.2, 0.25) is 0 Å². The molecule has 0 unspecified atom stereocenters. The lowest BCUT2D eigenvalue weighted by Crippen LogP contribution is -2.34. The van der Waals surface area contributed by atoms with Crippen LogP contribution in [0.4, 0.5) is 10.1 Å². The quantitative estimate of drug-likeness (QED) is 0.849. The van der Waals surface area contributed by atoms with Crippen molar-refractivity contribution in [1.29, 1.82) is 0 Å². The third-order valence-corrected chi connectivity index (χ3v) is 3.60. The largest absolute Gasteiger partial charge is 0.465 e. The van der Waals surface area contributed by atoms with Gasteiger partial charge in [0, 0.05) is 25.4 Å². The lowest BCUT2D eigenvalue weighted by atomic mass is 9.97. The minimum atomic E-state index is -0.664. The number of methoxy groups -OCH3 is 1. The number of hydrogen-bond acceptors (Lipinski definition) is 4. The van der Waals surface area contributed by atoms with Gasteiger partial charge >= 0.3 is 5.97 Å². The first kappa shape index (κ1) is 13.8. The summed E-state index contributed by atoms with van der Waals surface area (Å²) in [6.07, 6.45) is 1.80. The second kappa shape index (κ2) is 6.02. The van der Waals surface area contributed by atoms with Crippen LogP contribution in [0.15, 0.2) is 18.2 Å². The maximum Gasteiger partial charge on any atom is 0.340 e. The van der Waals surface area contributed by atoms with Gasteiger partial charge in [0.1, 0.15) is 5.82 Å². The zero-order chi connectivity index (χ0) is 13.8. The maximum absolute atomic E-state index is 13.8. The third-order valence-electron chi connectivity index (χ3n) is 3.60. The SMILES string of the molecule is COC(=O)c1ccc(N2CCC(CO)CC2)cc1F. The van der Waals surface area contributed by atoms with E-state index in [1.807, 2.05) is 0 Å². The molecule has 2 rings (SSSR count). The van der Waals surface area contributed by atoms with Gasteiger partial charge in [-0.15, -0.1) is 0 Å². The van der Waals surface area contributed by atoms with Gasteiger partial charge in [-0.05, 0) is 37.0 Å². The topological polar surface area (TPSA) is 49.8 Å². The fraction of sp³-hybridized carbons (Fsp3) is 0.500. The number of anilines is 1. The number of benzene rings is 1. The normalized spacial score (nSPS) is 16.5. The zero-order valence-corrected chi connectivity index (χ0v) is 10.9. The number of aliphatic hydroxyl groups excluding tert-OH is 1. The van der Waals surface area contributed by atoms with Crippen molar-refractivity contribution in [2.75, 3.05) is 31.7 Å². The van der Waals surface area contributed by atoms with Crippen molar-refractivity contribution in [3.05, 3.63) is 29.6 Å². The minimum Gasteiger partial charge on any atom is -0.465 e. The van der Waals surface area contributed by atoms with Crippen molar-refractivity contribution >= 4 is 11.7 Å². The Hall–Kier alpha value is -1.62. The molecule has 104 valence electrons. The van der Waals surface area contributed by atoms with Crippen molar-refractivity contribution in [2.24, 2.45) is 5.92 Å². The number of rotatable bonds is 3. The predicted molar refractivity (Wildman–Crippen MR) is 69.8 cm³/mol. The fourth-order valence-corrected chi connectivity index (χ4v) is 2.35. The predicted octanol–water partition coefficient (Wildman–Crippen LogP) is 1.82. The molecule has 1 aromatic rings. The van der Waals surface area contributed by atoms with Crippen LogP contribution in [0.1, 0.15) is 23.2 Å². The number of halogens is 1. The number of carbonyl (C=O) groups is 1. The fourth-order valence-electron chi connectivity index (χ4n) is 2.35. The lowest BCUT2D eigenvalue weighted by Gasteiger charge is -2.32. The Bertz CT molecular complexity index is 456. The Morgan fingerprint density at radius 1 is 1.47 bits per heavy atom. The molecule has 19 heavy (non-hydrogen) atoms. The molecule has 0 aliphatic carbocycles. The smallest absolute Gasteiger partial charge is 0.340 e. The van der Waals surface area contributed by atoms with Crippen molar-refractivity contribution < 1.29 is 19.0 Å². The number of piperidine rings is 1. The molecule has 4 nitrogen and oxygen atoms in total. The highest BCUT2D eigenvalue weighted by molar-refractivity contribution is 5.90. The van der Waals surface area contributed by atoms with E-state index in [2.05, 4.69) is 9.64 Å². The summed E-state index contributed by atoms with van der Waals surface area (Å²) < 4.78 is 18.3. The van der Waals surface area contributed by atoms with E-state index in [1.54, 1.807) is 6.07 Å². The third kappa shape index (κ3) is 3.04. The Labute approximate surface area is 111 Å². The van der Waals surface area contributed by atoms with Crippen molar-refractivity contribution in [1.82, 2.24) is 0 Å². The van der Waals surface area contributed by atoms with Crippen LogP contribution in [-0.4, -0.2) is 37.9 Å². The van der Waals surface area contributed by atoms with Crippen LogP contribution < -0.4 is 4.90 Å². The van der Waals surface area contributed by atoms with E-state index in [0.29, 0.717) is 5.92 Å². The summed E-state index contributed by atoms with van der Waals surface area (Å²) in [5, 5.41) is 9.09. The maximum atomic E-state index is 13.8. The summed E-state index contributed by atoms with van der Waals surface area (Å²) in [6.45, 7) is 1.80. The molecule has 0 aromatic heterocycles. The summed E-state index contributed by atoms with van der Waals surface area (Å²) >= 11 is 0. The number of nitrogens with zero attached hydrogens (tertiary/aromatic N) is 1. The summed E-state index contributed by atoms with van der Waals surface area (Å²) in [7, 11) is 1.23. The highest BCUT2D eigenvalue weighted by Crippen LogP contribution is 2.25. The van der Waals surface area contributed by atoms with E-state index < -0.39 is 11.8 Å². The molecule has 1 N–H and O–H groups in total. The molecule has 5 heteroatoms. The van der Waals surface area contributed by atoms with Crippen LogP contribution in [0.3, 0.4) is 0 Å². The van der Waals surface area contributed by atoms with Gasteiger partial charge in [0.25, 0.3) is 0 Å². The van der Waals surface area contributed by atoms with Gasteiger partial charge in [0.15, 0.2) is 0 Å². The molecular formula is C14H18FNO3. The molecule has 0 atom stereocenters. The van der Waals surface area contributed by atoms with Crippen molar-refractivity contribution in [3.8, 4) is 0 Å². The van der Waals surface area contributed by atoms with Crippen LogP contribution in [0.2, 0.25) is 0 Å². The van der Waals surface area contributed by atoms with Crippen LogP contribution in [0.5, 0.6) is 0 Å². The van der Waals surface area contributed by atoms with E-state index >= 15 is 0 Å². The second-order valence-electron chi connectivity index (χ2n) is 4.77. The molecular weight excluding hydrogens is 249 g/mol. The molecule has 1 aliphatic rings. The highest BCUT2D eigenvalue weighted by Gasteiger charge is 2.20. The lowest BCUT2D eigenvalue weighted by molar-refractivity contribution is 0.0595. The highest BCUT2D eigenvalue weighted by atomic mass is 19.1. The van der Waals surface area contributed by atoms with Crippen molar-refractivity contribution in [3.63, 3.8) is 0 Å². The minimum absolute atomic E-state index is 0.0449. The van der Waals surface area contributed by atoms with E-state index in [1.165, 1.54) is 19.2 Å². The monoisotopic (exact) mass is 267 g/mol. The molecule has 0 saturated carbocycles. The Kier molecular flexibility index (Phi) is 4.37. The van der Waals surface area contributed by atoms with Gasteiger partial charge in [-0.25, -0.2) is 9.18 Å². The average Bonchev–Trinajstić information content (AvgIpc) is 2.46. The van der Waals surface area contributed by atoms with Crippen LogP contribution in [0, 0.1) is 11.7 Å². The molecule has 1 saturated heterocycles. The Balaban J connectivity index is 2.10. The van der Waals surface area contributed by atoms with E-state index in [9.17, 15) is 9.18 Å². The molecule has 0 amide bonds. The van der Waals surface area contributed by atoms with Crippen LogP contribution in [0.25, 0.3) is 0 Å². The summed E-state index contributed by atoms with van der Waals surface area (Å²) in [6, 6.07) is 4.55. The number of aliphatic hydroxyl groups is 1. The Morgan fingerprint density at radius 3 is 2.68 bits per heavy atom. The van der Waals surface area contributed by atoms with Gasteiger partial charge < -0.3 is 14.7 Å². The summed E-state index contributed by atoms with van der Waals surface area (Å²) in [5.74, 6) is -0.882. The average molecular weight is 267 g/mol. The summed E-state index contributed by atoms with van der Waals surface area (Å²) in [5.41, 5.74) is 0.720. The molecule has 1 heterocycles. The van der Waals surface area contributed by atoms with Crippen LogP contribution >= 0.6 is 0 Å². The number of ether oxygens (including phenoxy) is 1. The van der Waals surface area contributed by atoms with Gasteiger partial charge in [-0.1, -0.05) is 0 Å². The van der Waals surface area contributed by atoms with E-state index in [0.717, 1.165) is 31.6 Å². The standard InChI is InChI=1S/C14H18FNO3/c1-19-14(18)12-3-2-11(8-13(12)15)16-6-4-10(9-17)5-7-16/h2-3,8,10,17H,4-7,9H2,1H3. The van der Waals surface area contributed by atoms with Crippen LogP contribution in [-0.2, 0) is 4.74 Å². The Morgan fingerprint density at radius 2 is 2.16 bits per heavy atom.